The van der Waals surface area contributed by atoms with E-state index in [9.17, 15) is 4.79 Å². The van der Waals surface area contributed by atoms with E-state index in [-0.39, 0.29) is 5.56 Å². The molecule has 148 valence electrons. The van der Waals surface area contributed by atoms with Crippen LogP contribution in [0.3, 0.4) is 0 Å². The molecule has 28 heavy (non-hydrogen) atoms. The van der Waals surface area contributed by atoms with Crippen molar-refractivity contribution in [1.29, 1.82) is 0 Å². The van der Waals surface area contributed by atoms with Crippen LogP contribution in [0.5, 0.6) is 5.75 Å². The third-order valence-electron chi connectivity index (χ3n) is 5.80. The van der Waals surface area contributed by atoms with Crippen molar-refractivity contribution in [3.63, 3.8) is 0 Å². The average molecular weight is 401 g/mol. The fourth-order valence-electron chi connectivity index (χ4n) is 4.05. The molecule has 4 rings (SSSR count). The number of H-pyrrole nitrogens is 1. The average Bonchev–Trinajstić information content (AvgIpc) is 2.98. The summed E-state index contributed by atoms with van der Waals surface area (Å²) in [5.74, 6) is 1.78. The van der Waals surface area contributed by atoms with Crippen LogP contribution in [0.25, 0.3) is 10.2 Å². The highest BCUT2D eigenvalue weighted by molar-refractivity contribution is 7.18. The molecule has 0 spiro atoms. The lowest BCUT2D eigenvalue weighted by atomic mass is 10.1. The molecule has 0 radical (unpaired) electrons. The first kappa shape index (κ1) is 19.1. The topological polar surface area (TPSA) is 63.9 Å². The number of para-hydroxylation sites is 1. The van der Waals surface area contributed by atoms with Gasteiger partial charge in [-0.25, -0.2) is 4.98 Å². The van der Waals surface area contributed by atoms with Crippen LogP contribution in [0.4, 0.5) is 0 Å². The fraction of sp³-hybridized carbons (Fsp3) is 0.429. The second-order valence-electron chi connectivity index (χ2n) is 7.64. The van der Waals surface area contributed by atoms with Crippen molar-refractivity contribution in [3.8, 4) is 5.75 Å². The van der Waals surface area contributed by atoms with E-state index in [4.69, 9.17) is 9.72 Å². The number of quaternary nitrogens is 2. The van der Waals surface area contributed by atoms with Gasteiger partial charge in [-0.15, -0.1) is 11.3 Å². The third-order valence-corrected chi connectivity index (χ3v) is 6.90. The Morgan fingerprint density at radius 3 is 2.50 bits per heavy atom. The van der Waals surface area contributed by atoms with Crippen LogP contribution in [0.2, 0.25) is 0 Å². The van der Waals surface area contributed by atoms with Gasteiger partial charge in [-0.1, -0.05) is 12.1 Å². The van der Waals surface area contributed by atoms with Gasteiger partial charge in [-0.05, 0) is 31.5 Å². The summed E-state index contributed by atoms with van der Waals surface area (Å²) in [6.07, 6.45) is 0. The Balaban J connectivity index is 1.39. The second kappa shape index (κ2) is 8.03. The summed E-state index contributed by atoms with van der Waals surface area (Å²) in [5.41, 5.74) is 2.33. The molecule has 2 aromatic heterocycles. The number of fused-ring (bicyclic) bond motifs is 1. The molecule has 1 aliphatic heterocycles. The van der Waals surface area contributed by atoms with Gasteiger partial charge >= 0.3 is 0 Å². The van der Waals surface area contributed by atoms with Crippen LogP contribution in [0.1, 0.15) is 21.8 Å². The highest BCUT2D eigenvalue weighted by Crippen LogP contribution is 2.25. The molecule has 1 aliphatic rings. The zero-order valence-corrected chi connectivity index (χ0v) is 17.5. The molecule has 1 fully saturated rings. The van der Waals surface area contributed by atoms with Crippen molar-refractivity contribution in [2.24, 2.45) is 0 Å². The minimum atomic E-state index is 0.00156. The summed E-state index contributed by atoms with van der Waals surface area (Å²) in [5, 5.41) is 0.757. The Kier molecular flexibility index (Phi) is 5.48. The maximum atomic E-state index is 12.5. The van der Waals surface area contributed by atoms with Crippen LogP contribution in [-0.2, 0) is 13.1 Å². The lowest BCUT2D eigenvalue weighted by Crippen LogP contribution is -3.27. The molecule has 3 aromatic rings. The quantitative estimate of drug-likeness (QED) is 0.569. The Hall–Kier alpha value is -2.22. The Bertz CT molecular complexity index is 1030. The second-order valence-corrected chi connectivity index (χ2v) is 8.84. The van der Waals surface area contributed by atoms with E-state index in [2.05, 4.69) is 24.0 Å². The van der Waals surface area contributed by atoms with Gasteiger partial charge in [-0.3, -0.25) is 4.79 Å². The van der Waals surface area contributed by atoms with Crippen molar-refractivity contribution < 1.29 is 14.5 Å². The van der Waals surface area contributed by atoms with E-state index in [1.165, 1.54) is 15.3 Å². The molecule has 0 atom stereocenters. The highest BCUT2D eigenvalue weighted by Gasteiger charge is 2.25. The van der Waals surface area contributed by atoms with Gasteiger partial charge in [0.15, 0.2) is 5.82 Å². The molecular formula is C21H28N4O2S+2. The number of hydrogen-bond donors (Lipinski definition) is 3. The highest BCUT2D eigenvalue weighted by atomic mass is 32.1. The van der Waals surface area contributed by atoms with Crippen LogP contribution < -0.4 is 20.1 Å². The normalized spacial score (nSPS) is 19.8. The van der Waals surface area contributed by atoms with Crippen LogP contribution in [0, 0.1) is 13.8 Å². The number of methoxy groups -OCH3 is 1. The molecule has 1 aromatic carbocycles. The van der Waals surface area contributed by atoms with E-state index >= 15 is 0 Å². The van der Waals surface area contributed by atoms with Crippen LogP contribution in [-0.4, -0.2) is 43.3 Å². The van der Waals surface area contributed by atoms with E-state index in [1.54, 1.807) is 23.3 Å². The molecule has 0 saturated carbocycles. The number of piperazine rings is 1. The number of rotatable bonds is 5. The smallest absolute Gasteiger partial charge is 0.260 e. The number of aryl methyl sites for hydroxylation is 2. The monoisotopic (exact) mass is 400 g/mol. The van der Waals surface area contributed by atoms with Crippen LogP contribution >= 0.6 is 11.3 Å². The number of hydrogen-bond acceptors (Lipinski definition) is 4. The molecule has 0 bridgehead atoms. The molecule has 0 unspecified atom stereocenters. The SMILES string of the molecule is COc1ccccc1C[NH+]1CC[NH+](Cc2nc3sc(C)c(C)c3c(=O)[nH]2)CC1. The van der Waals surface area contributed by atoms with E-state index < -0.39 is 0 Å². The fourth-order valence-corrected chi connectivity index (χ4v) is 5.10. The van der Waals surface area contributed by atoms with Crippen molar-refractivity contribution in [1.82, 2.24) is 9.97 Å². The summed E-state index contributed by atoms with van der Waals surface area (Å²) >= 11 is 1.62. The molecule has 3 heterocycles. The van der Waals surface area contributed by atoms with Crippen LogP contribution in [0.15, 0.2) is 29.1 Å². The molecule has 3 N–H and O–H groups in total. The van der Waals surface area contributed by atoms with E-state index in [0.717, 1.165) is 66.6 Å². The number of ether oxygens (including phenoxy) is 1. The molecule has 1 saturated heterocycles. The van der Waals surface area contributed by atoms with Gasteiger partial charge in [0.25, 0.3) is 5.56 Å². The summed E-state index contributed by atoms with van der Waals surface area (Å²) in [7, 11) is 1.73. The Labute approximate surface area is 168 Å². The lowest BCUT2D eigenvalue weighted by Gasteiger charge is -2.29. The number of aromatic amines is 1. The van der Waals surface area contributed by atoms with Gasteiger partial charge in [0, 0.05) is 10.4 Å². The molecule has 0 amide bonds. The number of thiophene rings is 1. The van der Waals surface area contributed by atoms with E-state index in [0.29, 0.717) is 0 Å². The molecule has 0 aliphatic carbocycles. The first-order valence-electron chi connectivity index (χ1n) is 9.83. The van der Waals surface area contributed by atoms with Gasteiger partial charge in [-0.2, -0.15) is 0 Å². The number of benzene rings is 1. The van der Waals surface area contributed by atoms with Crippen molar-refractivity contribution in [2.75, 3.05) is 33.3 Å². The van der Waals surface area contributed by atoms with Crippen molar-refractivity contribution in [2.45, 2.75) is 26.9 Å². The molecule has 6 nitrogen and oxygen atoms in total. The van der Waals surface area contributed by atoms with Gasteiger partial charge in [0.1, 0.15) is 49.8 Å². The van der Waals surface area contributed by atoms with Gasteiger partial charge in [0.05, 0.1) is 12.5 Å². The van der Waals surface area contributed by atoms with Gasteiger partial charge in [0.2, 0.25) is 0 Å². The number of aromatic nitrogens is 2. The van der Waals surface area contributed by atoms with E-state index in [1.807, 2.05) is 19.1 Å². The first-order valence-corrected chi connectivity index (χ1v) is 10.6. The maximum absolute atomic E-state index is 12.5. The minimum absolute atomic E-state index is 0.00156. The third kappa shape index (κ3) is 3.83. The summed E-state index contributed by atoms with van der Waals surface area (Å²) in [6, 6.07) is 8.27. The largest absolute Gasteiger partial charge is 0.496 e. The first-order chi connectivity index (χ1) is 13.5. The van der Waals surface area contributed by atoms with Crippen molar-refractivity contribution >= 4 is 21.6 Å². The molecule has 7 heteroatoms. The molecular weight excluding hydrogens is 372 g/mol. The van der Waals surface area contributed by atoms with Crippen molar-refractivity contribution in [3.05, 3.63) is 56.4 Å². The minimum Gasteiger partial charge on any atom is -0.496 e. The van der Waals surface area contributed by atoms with Gasteiger partial charge < -0.3 is 19.5 Å². The Morgan fingerprint density at radius 1 is 1.11 bits per heavy atom. The summed E-state index contributed by atoms with van der Waals surface area (Å²) in [4.78, 5) is 25.3. The Morgan fingerprint density at radius 2 is 1.79 bits per heavy atom. The standard InChI is InChI=1S/C21H26N4O2S/c1-14-15(2)28-21-19(14)20(26)22-18(23-21)13-25-10-8-24(9-11-25)12-16-6-4-5-7-17(16)27-3/h4-7H,8-13H2,1-3H3,(H,22,23,26)/p+2. The summed E-state index contributed by atoms with van der Waals surface area (Å²) in [6.45, 7) is 10.2. The predicted octanol–water partition coefficient (Wildman–Crippen LogP) is 0.0936. The zero-order chi connectivity index (χ0) is 19.7. The predicted molar refractivity (Wildman–Crippen MR) is 112 cm³/mol. The lowest BCUT2D eigenvalue weighted by molar-refractivity contribution is -1.02. The summed E-state index contributed by atoms with van der Waals surface area (Å²) < 4.78 is 5.48. The number of nitrogens with one attached hydrogen (secondary N) is 3. The number of nitrogens with zero attached hydrogens (tertiary/aromatic N) is 1. The maximum Gasteiger partial charge on any atom is 0.260 e. The zero-order valence-electron chi connectivity index (χ0n) is 16.7.